The molecule has 2 aliphatic rings. The topological polar surface area (TPSA) is 214 Å². The third-order valence-electron chi connectivity index (χ3n) is 11.9. The smallest absolute Gasteiger partial charge is 0.306 e. The molecule has 0 bridgehead atoms. The molecule has 0 saturated carbocycles. The Bertz CT molecular complexity index is 1400. The third kappa shape index (κ3) is 28.3. The van der Waals surface area contributed by atoms with Crippen molar-refractivity contribution in [2.24, 2.45) is 0 Å². The first-order chi connectivity index (χ1) is 33.1. The summed E-state index contributed by atoms with van der Waals surface area (Å²) in [6.07, 6.45) is 33.9. The number of hydrogen-bond acceptors (Lipinski definition) is 14. The standard InChI is InChI=1S/C54H92O14/c1-3-5-7-9-11-13-15-17-19-21-22-23-25-27-29-31-33-35-37-46(56)66-43(40-63-38-36-34-32-30-28-26-24-20-18-16-14-12-10-8-6-4-2)41-64-53-52(62)50(60)48(58)45(68-53)42-65-54-51(61)49(59)47(57)44(39-55)67-54/h6,8,12-15,18-21,26,28,43-45,47-55,57-62H,3-5,7,9-11,16-17,22-25,27,29-42H2,1-2H3/b8-6-,14-12-,15-13-,20-18-,21-19-,28-26-. The molecule has 0 aromatic heterocycles. The molecule has 11 atom stereocenters. The van der Waals surface area contributed by atoms with E-state index in [4.69, 9.17) is 28.4 Å². The summed E-state index contributed by atoms with van der Waals surface area (Å²) in [6, 6.07) is 0. The molecule has 2 fully saturated rings. The monoisotopic (exact) mass is 965 g/mol. The molecule has 2 saturated heterocycles. The maximum Gasteiger partial charge on any atom is 0.306 e. The van der Waals surface area contributed by atoms with Crippen LogP contribution >= 0.6 is 0 Å². The fourth-order valence-electron chi connectivity index (χ4n) is 7.72. The number of hydrogen-bond donors (Lipinski definition) is 7. The zero-order valence-electron chi connectivity index (χ0n) is 41.6. The lowest BCUT2D eigenvalue weighted by molar-refractivity contribution is -0.332. The number of aliphatic hydroxyl groups is 7. The normalized spacial score (nSPS) is 26.5. The van der Waals surface area contributed by atoms with Crippen LogP contribution < -0.4 is 0 Å². The third-order valence-corrected chi connectivity index (χ3v) is 11.9. The Morgan fingerprint density at radius 3 is 1.50 bits per heavy atom. The average molecular weight is 965 g/mol. The van der Waals surface area contributed by atoms with Crippen LogP contribution in [0.3, 0.4) is 0 Å². The van der Waals surface area contributed by atoms with E-state index in [9.17, 15) is 40.5 Å². The van der Waals surface area contributed by atoms with Gasteiger partial charge in [-0.1, -0.05) is 145 Å². The number of aliphatic hydroxyl groups excluding tert-OH is 7. The van der Waals surface area contributed by atoms with Gasteiger partial charge in [-0.05, 0) is 83.5 Å². The summed E-state index contributed by atoms with van der Waals surface area (Å²) >= 11 is 0. The van der Waals surface area contributed by atoms with Crippen LogP contribution in [0, 0.1) is 0 Å². The van der Waals surface area contributed by atoms with Crippen LogP contribution in [0.2, 0.25) is 0 Å². The Balaban J connectivity index is 1.79. The molecule has 14 nitrogen and oxygen atoms in total. The Hall–Kier alpha value is -2.57. The molecule has 0 spiro atoms. The molecule has 0 radical (unpaired) electrons. The second-order valence-electron chi connectivity index (χ2n) is 18.0. The average Bonchev–Trinajstić information content (AvgIpc) is 3.33. The maximum atomic E-state index is 13.0. The molecular formula is C54H92O14. The highest BCUT2D eigenvalue weighted by Gasteiger charge is 2.47. The van der Waals surface area contributed by atoms with Crippen LogP contribution in [0.1, 0.15) is 162 Å². The van der Waals surface area contributed by atoms with E-state index in [1.165, 1.54) is 51.4 Å². The highest BCUT2D eigenvalue weighted by Crippen LogP contribution is 2.26. The van der Waals surface area contributed by atoms with Gasteiger partial charge in [0.1, 0.15) is 54.9 Å². The predicted octanol–water partition coefficient (Wildman–Crippen LogP) is 7.90. The van der Waals surface area contributed by atoms with Gasteiger partial charge < -0.3 is 64.2 Å². The van der Waals surface area contributed by atoms with Gasteiger partial charge in [-0.3, -0.25) is 4.79 Å². The first-order valence-electron chi connectivity index (χ1n) is 26.0. The quantitative estimate of drug-likeness (QED) is 0.0177. The summed E-state index contributed by atoms with van der Waals surface area (Å²) in [5.41, 5.74) is 0. The van der Waals surface area contributed by atoms with Gasteiger partial charge in [0, 0.05) is 13.0 Å². The van der Waals surface area contributed by atoms with E-state index in [0.717, 1.165) is 83.5 Å². The number of esters is 1. The Labute approximate surface area is 408 Å². The molecule has 0 aromatic rings. The van der Waals surface area contributed by atoms with Crippen molar-refractivity contribution >= 4 is 5.97 Å². The number of unbranched alkanes of at least 4 members (excludes halogenated alkanes) is 14. The highest BCUT2D eigenvalue weighted by molar-refractivity contribution is 5.69. The van der Waals surface area contributed by atoms with Crippen molar-refractivity contribution in [1.29, 1.82) is 0 Å². The lowest BCUT2D eigenvalue weighted by Gasteiger charge is -2.42. The fraction of sp³-hybridized carbons (Fsp3) is 0.759. The number of carbonyl (C=O) groups excluding carboxylic acids is 1. The molecular weight excluding hydrogens is 873 g/mol. The van der Waals surface area contributed by atoms with E-state index in [1.54, 1.807) is 0 Å². The Morgan fingerprint density at radius 2 is 0.956 bits per heavy atom. The summed E-state index contributed by atoms with van der Waals surface area (Å²) in [6.45, 7) is 3.45. The van der Waals surface area contributed by atoms with Gasteiger partial charge in [-0.2, -0.15) is 0 Å². The Morgan fingerprint density at radius 1 is 0.500 bits per heavy atom. The number of carbonyl (C=O) groups is 1. The zero-order valence-corrected chi connectivity index (χ0v) is 41.6. The first kappa shape index (κ1) is 61.5. The van der Waals surface area contributed by atoms with Crippen molar-refractivity contribution in [3.63, 3.8) is 0 Å². The molecule has 7 N–H and O–H groups in total. The lowest BCUT2D eigenvalue weighted by Crippen LogP contribution is -2.61. The SMILES string of the molecule is CC/C=C\C/C=C\C/C=C\C/C=C\CCCCCOCC(COC1OC(COC2OC(CO)C(O)C(O)C2O)C(O)C(O)C1O)OC(=O)CCCCCCCCC/C=C\C/C=C\CCCCCC. The van der Waals surface area contributed by atoms with E-state index < -0.39 is 86.7 Å². The molecule has 68 heavy (non-hydrogen) atoms. The minimum Gasteiger partial charge on any atom is -0.457 e. The minimum absolute atomic E-state index is 0.0330. The van der Waals surface area contributed by atoms with Crippen molar-refractivity contribution < 1.29 is 69.0 Å². The second-order valence-corrected chi connectivity index (χ2v) is 18.0. The Kier molecular flexibility index (Phi) is 37.2. The van der Waals surface area contributed by atoms with Crippen molar-refractivity contribution in [3.05, 3.63) is 72.9 Å². The molecule has 11 unspecified atom stereocenters. The van der Waals surface area contributed by atoms with Gasteiger partial charge in [-0.25, -0.2) is 0 Å². The van der Waals surface area contributed by atoms with Crippen molar-refractivity contribution in [1.82, 2.24) is 0 Å². The van der Waals surface area contributed by atoms with Crippen molar-refractivity contribution in [2.45, 2.75) is 229 Å². The maximum absolute atomic E-state index is 13.0. The molecule has 0 amide bonds. The van der Waals surface area contributed by atoms with Gasteiger partial charge in [-0.15, -0.1) is 0 Å². The second kappa shape index (κ2) is 41.1. The largest absolute Gasteiger partial charge is 0.457 e. The van der Waals surface area contributed by atoms with Crippen LogP contribution in [-0.2, 0) is 33.2 Å². The van der Waals surface area contributed by atoms with Crippen molar-refractivity contribution in [3.8, 4) is 0 Å². The first-order valence-corrected chi connectivity index (χ1v) is 26.0. The van der Waals surface area contributed by atoms with Gasteiger partial charge in [0.15, 0.2) is 12.6 Å². The highest BCUT2D eigenvalue weighted by atomic mass is 16.7. The molecule has 0 aliphatic carbocycles. The summed E-state index contributed by atoms with van der Waals surface area (Å²) < 4.78 is 34.2. The molecule has 0 aromatic carbocycles. The van der Waals surface area contributed by atoms with Crippen LogP contribution in [0.5, 0.6) is 0 Å². The van der Waals surface area contributed by atoms with Crippen LogP contribution in [0.15, 0.2) is 72.9 Å². The molecule has 392 valence electrons. The summed E-state index contributed by atoms with van der Waals surface area (Å²) in [7, 11) is 0. The summed E-state index contributed by atoms with van der Waals surface area (Å²) in [4.78, 5) is 13.0. The lowest BCUT2D eigenvalue weighted by atomic mass is 9.98. The fourth-order valence-corrected chi connectivity index (χ4v) is 7.72. The molecule has 14 heteroatoms. The van der Waals surface area contributed by atoms with Crippen molar-refractivity contribution in [2.75, 3.05) is 33.0 Å². The van der Waals surface area contributed by atoms with Gasteiger partial charge in [0.2, 0.25) is 0 Å². The van der Waals surface area contributed by atoms with E-state index >= 15 is 0 Å². The predicted molar refractivity (Wildman–Crippen MR) is 265 cm³/mol. The van der Waals surface area contributed by atoms with E-state index in [2.05, 4.69) is 86.8 Å². The van der Waals surface area contributed by atoms with E-state index in [-0.39, 0.29) is 19.6 Å². The number of ether oxygens (including phenoxy) is 6. The minimum atomic E-state index is -1.72. The number of allylic oxidation sites excluding steroid dienone is 12. The van der Waals surface area contributed by atoms with Crippen LogP contribution in [0.25, 0.3) is 0 Å². The molecule has 2 heterocycles. The zero-order chi connectivity index (χ0) is 49.5. The van der Waals surface area contributed by atoms with Gasteiger partial charge in [0.25, 0.3) is 0 Å². The van der Waals surface area contributed by atoms with Gasteiger partial charge in [0.05, 0.1) is 26.4 Å². The van der Waals surface area contributed by atoms with E-state index in [0.29, 0.717) is 13.0 Å². The number of rotatable bonds is 40. The molecule has 2 aliphatic heterocycles. The van der Waals surface area contributed by atoms with E-state index in [1.807, 2.05) is 0 Å². The summed E-state index contributed by atoms with van der Waals surface area (Å²) in [5.74, 6) is -0.398. The van der Waals surface area contributed by atoms with Crippen LogP contribution in [0.4, 0.5) is 0 Å². The summed E-state index contributed by atoms with van der Waals surface area (Å²) in [5, 5.41) is 72.1. The van der Waals surface area contributed by atoms with Gasteiger partial charge >= 0.3 is 5.97 Å². The van der Waals surface area contributed by atoms with Crippen LogP contribution in [-0.4, -0.2) is 142 Å². The molecule has 2 rings (SSSR count).